The number of hydrogen-bond donors (Lipinski definition) is 0. The van der Waals surface area contributed by atoms with Crippen LogP contribution in [0.2, 0.25) is 0 Å². The maximum Gasteiger partial charge on any atom is 0.191 e. The second-order valence-electron chi connectivity index (χ2n) is 6.78. The van der Waals surface area contributed by atoms with Crippen LogP contribution in [-0.2, 0) is 15.0 Å². The molecule has 118 valence electrons. The van der Waals surface area contributed by atoms with Crippen LogP contribution in [0.5, 0.6) is 0 Å². The summed E-state index contributed by atoms with van der Waals surface area (Å²) in [6, 6.07) is 0. The van der Waals surface area contributed by atoms with E-state index in [-0.39, 0.29) is 22.8 Å². The van der Waals surface area contributed by atoms with Crippen LogP contribution < -0.4 is 0 Å². The molecule has 5 heteroatoms. The van der Waals surface area contributed by atoms with Gasteiger partial charge in [0.2, 0.25) is 0 Å². The summed E-state index contributed by atoms with van der Waals surface area (Å²) in [6.45, 7) is 6.38. The van der Waals surface area contributed by atoms with E-state index in [9.17, 15) is 14.4 Å². The zero-order valence-corrected chi connectivity index (χ0v) is 14.8. The van der Waals surface area contributed by atoms with Crippen LogP contribution in [0.25, 0.3) is 0 Å². The second kappa shape index (κ2) is 5.60. The Kier molecular flexibility index (Phi) is 4.06. The smallest absolute Gasteiger partial charge is 0.191 e. The van der Waals surface area contributed by atoms with Crippen molar-refractivity contribution >= 4 is 40.4 Å². The average molecular weight is 336 g/mol. The van der Waals surface area contributed by atoms with Gasteiger partial charge in [-0.2, -0.15) is 0 Å². The van der Waals surface area contributed by atoms with Crippen molar-refractivity contribution in [3.05, 3.63) is 16.0 Å². The van der Waals surface area contributed by atoms with Crippen molar-refractivity contribution in [1.29, 1.82) is 0 Å². The highest BCUT2D eigenvalue weighted by molar-refractivity contribution is 8.01. The van der Waals surface area contributed by atoms with Crippen LogP contribution in [0.3, 0.4) is 0 Å². The fraction of sp³-hybridized carbons (Fsp3) is 0.588. The van der Waals surface area contributed by atoms with Gasteiger partial charge in [0.25, 0.3) is 0 Å². The largest absolute Gasteiger partial charge is 0.298 e. The summed E-state index contributed by atoms with van der Waals surface area (Å²) in [7, 11) is 0. The topological polar surface area (TPSA) is 51.2 Å². The molecule has 0 unspecified atom stereocenters. The summed E-state index contributed by atoms with van der Waals surface area (Å²) in [5.74, 6) is -0.643. The summed E-state index contributed by atoms with van der Waals surface area (Å²) in [5.41, 5.74) is 2.28. The van der Waals surface area contributed by atoms with Gasteiger partial charge in [-0.1, -0.05) is 13.8 Å². The first kappa shape index (κ1) is 15.9. The number of rotatable bonds is 2. The molecule has 2 heterocycles. The van der Waals surface area contributed by atoms with Crippen molar-refractivity contribution in [2.45, 2.75) is 56.1 Å². The molecule has 0 amide bonds. The average Bonchev–Trinajstić information content (AvgIpc) is 2.76. The summed E-state index contributed by atoms with van der Waals surface area (Å²) in [6.07, 6.45) is 2.38. The SMILES string of the molecule is Cc1c(C(=O)C2C(=O)CCCC2=O)sc2c1C(C)(C)CCS2. The lowest BCUT2D eigenvalue weighted by Gasteiger charge is -2.30. The Morgan fingerprint density at radius 2 is 1.82 bits per heavy atom. The van der Waals surface area contributed by atoms with Crippen molar-refractivity contribution in [1.82, 2.24) is 0 Å². The van der Waals surface area contributed by atoms with Crippen LogP contribution in [0.1, 0.15) is 60.3 Å². The van der Waals surface area contributed by atoms with Crippen molar-refractivity contribution in [3.8, 4) is 0 Å². The van der Waals surface area contributed by atoms with Crippen LogP contribution in [-0.4, -0.2) is 23.1 Å². The Morgan fingerprint density at radius 1 is 1.18 bits per heavy atom. The number of carbonyl (C=O) groups excluding carboxylic acids is 3. The third kappa shape index (κ3) is 2.48. The maximum absolute atomic E-state index is 12.8. The molecule has 1 aliphatic carbocycles. The normalized spacial score (nSPS) is 21.8. The lowest BCUT2D eigenvalue weighted by Crippen LogP contribution is -2.35. The summed E-state index contributed by atoms with van der Waals surface area (Å²) >= 11 is 3.27. The molecule has 2 aliphatic rings. The minimum absolute atomic E-state index is 0.0558. The highest BCUT2D eigenvalue weighted by atomic mass is 32.2. The van der Waals surface area contributed by atoms with Crippen LogP contribution in [0.4, 0.5) is 0 Å². The third-order valence-electron chi connectivity index (χ3n) is 4.73. The van der Waals surface area contributed by atoms with E-state index in [0.29, 0.717) is 24.1 Å². The predicted octanol–water partition coefficient (Wildman–Crippen LogP) is 3.95. The van der Waals surface area contributed by atoms with Gasteiger partial charge in [0.1, 0.15) is 5.92 Å². The van der Waals surface area contributed by atoms with E-state index in [4.69, 9.17) is 0 Å². The second-order valence-corrected chi connectivity index (χ2v) is 9.17. The number of Topliss-reactive ketones (excluding diaryl/α,β-unsaturated/α-hetero) is 3. The van der Waals surface area contributed by atoms with Gasteiger partial charge in [0.15, 0.2) is 17.3 Å². The molecule has 0 N–H and O–H groups in total. The summed E-state index contributed by atoms with van der Waals surface area (Å²) in [5, 5.41) is 0. The summed E-state index contributed by atoms with van der Waals surface area (Å²) in [4.78, 5) is 37.6. The number of thiophene rings is 1. The van der Waals surface area contributed by atoms with Crippen molar-refractivity contribution < 1.29 is 14.4 Å². The number of thioether (sulfide) groups is 1. The van der Waals surface area contributed by atoms with Gasteiger partial charge in [-0.15, -0.1) is 23.1 Å². The number of fused-ring (bicyclic) bond motifs is 1. The number of hydrogen-bond acceptors (Lipinski definition) is 5. The Bertz CT molecular complexity index is 654. The minimum atomic E-state index is -1.04. The molecule has 1 saturated carbocycles. The Morgan fingerprint density at radius 3 is 2.41 bits per heavy atom. The Balaban J connectivity index is 2.03. The van der Waals surface area contributed by atoms with Crippen molar-refractivity contribution in [2.75, 3.05) is 5.75 Å². The van der Waals surface area contributed by atoms with Gasteiger partial charge >= 0.3 is 0 Å². The van der Waals surface area contributed by atoms with E-state index < -0.39 is 5.92 Å². The van der Waals surface area contributed by atoms with Crippen molar-refractivity contribution in [2.24, 2.45) is 5.92 Å². The quantitative estimate of drug-likeness (QED) is 0.606. The molecule has 0 saturated heterocycles. The Labute approximate surface area is 138 Å². The molecule has 1 aromatic heterocycles. The lowest BCUT2D eigenvalue weighted by atomic mass is 9.79. The summed E-state index contributed by atoms with van der Waals surface area (Å²) < 4.78 is 1.19. The molecule has 0 atom stereocenters. The number of ketones is 3. The lowest BCUT2D eigenvalue weighted by molar-refractivity contribution is -0.133. The molecule has 1 fully saturated rings. The third-order valence-corrected chi connectivity index (χ3v) is 7.31. The molecule has 0 aromatic carbocycles. The molecule has 3 nitrogen and oxygen atoms in total. The van der Waals surface area contributed by atoms with Crippen LogP contribution in [0.15, 0.2) is 4.21 Å². The fourth-order valence-electron chi connectivity index (χ4n) is 3.46. The van der Waals surface area contributed by atoms with Gasteiger partial charge in [-0.3, -0.25) is 14.4 Å². The maximum atomic E-state index is 12.8. The molecule has 3 rings (SSSR count). The standard InChI is InChI=1S/C17H20O3S2/c1-9-13-16(21-8-7-17(13,2)3)22-15(9)14(20)12-10(18)5-4-6-11(12)19/h12H,4-8H2,1-3H3. The fourth-order valence-corrected chi connectivity index (χ4v) is 6.76. The van der Waals surface area contributed by atoms with E-state index in [0.717, 1.165) is 17.7 Å². The van der Waals surface area contributed by atoms with Gasteiger partial charge in [0.05, 0.1) is 9.09 Å². The first-order chi connectivity index (χ1) is 10.3. The van der Waals surface area contributed by atoms with Gasteiger partial charge in [-0.25, -0.2) is 0 Å². The van der Waals surface area contributed by atoms with E-state index in [1.54, 1.807) is 11.8 Å². The molecular weight excluding hydrogens is 316 g/mol. The van der Waals surface area contributed by atoms with Crippen LogP contribution in [0, 0.1) is 12.8 Å². The van der Waals surface area contributed by atoms with Gasteiger partial charge < -0.3 is 0 Å². The number of carbonyl (C=O) groups is 3. The van der Waals surface area contributed by atoms with E-state index in [1.165, 1.54) is 21.1 Å². The highest BCUT2D eigenvalue weighted by Gasteiger charge is 2.40. The zero-order chi connectivity index (χ0) is 16.1. The first-order valence-corrected chi connectivity index (χ1v) is 9.49. The van der Waals surface area contributed by atoms with E-state index in [2.05, 4.69) is 13.8 Å². The predicted molar refractivity (Wildman–Crippen MR) is 89.1 cm³/mol. The molecule has 22 heavy (non-hydrogen) atoms. The van der Waals surface area contributed by atoms with Gasteiger partial charge in [-0.05, 0) is 42.1 Å². The zero-order valence-electron chi connectivity index (χ0n) is 13.2. The highest BCUT2D eigenvalue weighted by Crippen LogP contribution is 2.49. The van der Waals surface area contributed by atoms with Crippen LogP contribution >= 0.6 is 23.1 Å². The molecular formula is C17H20O3S2. The minimum Gasteiger partial charge on any atom is -0.298 e. The molecule has 1 aliphatic heterocycles. The molecule has 1 aromatic rings. The Hall–Kier alpha value is -0.940. The van der Waals surface area contributed by atoms with E-state index in [1.807, 2.05) is 6.92 Å². The monoisotopic (exact) mass is 336 g/mol. The van der Waals surface area contributed by atoms with Crippen molar-refractivity contribution in [3.63, 3.8) is 0 Å². The molecule has 0 radical (unpaired) electrons. The molecule has 0 bridgehead atoms. The molecule has 0 spiro atoms. The van der Waals surface area contributed by atoms with E-state index >= 15 is 0 Å². The van der Waals surface area contributed by atoms with Gasteiger partial charge in [0, 0.05) is 12.8 Å². The first-order valence-electron chi connectivity index (χ1n) is 7.69.